The van der Waals surface area contributed by atoms with Crippen molar-refractivity contribution in [2.24, 2.45) is 0 Å². The maximum absolute atomic E-state index is 11.2. The Hall–Kier alpha value is -2.04. The second-order valence-corrected chi connectivity index (χ2v) is 5.31. The summed E-state index contributed by atoms with van der Waals surface area (Å²) in [6.07, 6.45) is 0.760. The fraction of sp³-hybridized carbons (Fsp3) is 0.188. The molecule has 2 aromatic carbocycles. The molecule has 21 heavy (non-hydrogen) atoms. The van der Waals surface area contributed by atoms with Gasteiger partial charge >= 0.3 is 5.76 Å². The average molecular weight is 303 g/mol. The minimum Gasteiger partial charge on any atom is -0.408 e. The number of aromatic amines is 1. The molecule has 1 heterocycles. The number of halogens is 1. The second-order valence-electron chi connectivity index (χ2n) is 4.91. The van der Waals surface area contributed by atoms with Crippen LogP contribution in [0, 0.1) is 0 Å². The number of oxazole rings is 1. The molecule has 0 bridgehead atoms. The molecule has 4 nitrogen and oxygen atoms in total. The summed E-state index contributed by atoms with van der Waals surface area (Å²) in [4.78, 5) is 13.9. The predicted octanol–water partition coefficient (Wildman–Crippen LogP) is 3.28. The number of rotatable bonds is 4. The van der Waals surface area contributed by atoms with Crippen LogP contribution >= 0.6 is 11.6 Å². The Labute approximate surface area is 126 Å². The lowest BCUT2D eigenvalue weighted by Gasteiger charge is -2.17. The van der Waals surface area contributed by atoms with Crippen LogP contribution in [0.2, 0.25) is 5.02 Å². The summed E-state index contributed by atoms with van der Waals surface area (Å²) in [6, 6.07) is 13.6. The molecule has 3 aromatic rings. The first kappa shape index (κ1) is 13.9. The molecule has 0 amide bonds. The Morgan fingerprint density at radius 1 is 1.29 bits per heavy atom. The van der Waals surface area contributed by atoms with Gasteiger partial charge in [-0.25, -0.2) is 4.79 Å². The molecule has 0 saturated heterocycles. The van der Waals surface area contributed by atoms with Gasteiger partial charge in [-0.15, -0.1) is 0 Å². The van der Waals surface area contributed by atoms with Crippen LogP contribution in [0.15, 0.2) is 51.7 Å². The highest BCUT2D eigenvalue weighted by atomic mass is 35.5. The zero-order valence-corrected chi connectivity index (χ0v) is 12.3. The number of aromatic nitrogens is 1. The van der Waals surface area contributed by atoms with E-state index in [1.165, 1.54) is 0 Å². The fourth-order valence-electron chi connectivity index (χ4n) is 2.45. The SMILES string of the molecule is CNC(Cc1ccccc1Cl)c1ccc2[nH]c(=O)oc2c1. The van der Waals surface area contributed by atoms with Gasteiger partial charge in [-0.2, -0.15) is 0 Å². The predicted molar refractivity (Wildman–Crippen MR) is 83.8 cm³/mol. The third-order valence-electron chi connectivity index (χ3n) is 3.58. The minimum absolute atomic E-state index is 0.0921. The Morgan fingerprint density at radius 2 is 2.10 bits per heavy atom. The minimum atomic E-state index is -0.436. The summed E-state index contributed by atoms with van der Waals surface area (Å²) < 4.78 is 5.11. The van der Waals surface area contributed by atoms with E-state index in [0.717, 1.165) is 22.6 Å². The summed E-state index contributed by atoms with van der Waals surface area (Å²) >= 11 is 6.22. The first-order chi connectivity index (χ1) is 10.2. The molecule has 2 N–H and O–H groups in total. The third-order valence-corrected chi connectivity index (χ3v) is 3.95. The zero-order valence-electron chi connectivity index (χ0n) is 11.5. The lowest BCUT2D eigenvalue weighted by molar-refractivity contribution is 0.552. The zero-order chi connectivity index (χ0) is 14.8. The van der Waals surface area contributed by atoms with E-state index in [2.05, 4.69) is 10.3 Å². The topological polar surface area (TPSA) is 58.0 Å². The number of fused-ring (bicyclic) bond motifs is 1. The van der Waals surface area contributed by atoms with Crippen molar-refractivity contribution in [3.05, 3.63) is 69.2 Å². The van der Waals surface area contributed by atoms with E-state index < -0.39 is 5.76 Å². The molecule has 5 heteroatoms. The van der Waals surface area contributed by atoms with Crippen molar-refractivity contribution in [3.8, 4) is 0 Å². The van der Waals surface area contributed by atoms with Crippen LogP contribution < -0.4 is 11.1 Å². The monoisotopic (exact) mass is 302 g/mol. The Morgan fingerprint density at radius 3 is 2.86 bits per heavy atom. The van der Waals surface area contributed by atoms with E-state index in [-0.39, 0.29) is 6.04 Å². The summed E-state index contributed by atoms with van der Waals surface area (Å²) in [5.74, 6) is -0.436. The van der Waals surface area contributed by atoms with Crippen LogP contribution in [0.25, 0.3) is 11.1 Å². The fourth-order valence-corrected chi connectivity index (χ4v) is 2.66. The lowest BCUT2D eigenvalue weighted by Crippen LogP contribution is -2.18. The molecule has 0 aliphatic carbocycles. The van der Waals surface area contributed by atoms with Gasteiger partial charge in [0.2, 0.25) is 0 Å². The summed E-state index contributed by atoms with van der Waals surface area (Å²) in [6.45, 7) is 0. The van der Waals surface area contributed by atoms with Crippen molar-refractivity contribution in [3.63, 3.8) is 0 Å². The van der Waals surface area contributed by atoms with Crippen molar-refractivity contribution >= 4 is 22.7 Å². The molecular weight excluding hydrogens is 288 g/mol. The van der Waals surface area contributed by atoms with Gasteiger partial charge in [-0.05, 0) is 42.8 Å². The van der Waals surface area contributed by atoms with E-state index in [4.69, 9.17) is 16.0 Å². The van der Waals surface area contributed by atoms with Crippen molar-refractivity contribution in [2.75, 3.05) is 7.05 Å². The quantitative estimate of drug-likeness (QED) is 0.777. The Bertz CT molecular complexity index is 822. The highest BCUT2D eigenvalue weighted by Crippen LogP contribution is 2.25. The van der Waals surface area contributed by atoms with Gasteiger partial charge < -0.3 is 9.73 Å². The highest BCUT2D eigenvalue weighted by molar-refractivity contribution is 6.31. The van der Waals surface area contributed by atoms with Crippen LogP contribution in [0.1, 0.15) is 17.2 Å². The van der Waals surface area contributed by atoms with Crippen LogP contribution in [-0.4, -0.2) is 12.0 Å². The molecule has 0 spiro atoms. The molecular formula is C16H15ClN2O2. The van der Waals surface area contributed by atoms with E-state index >= 15 is 0 Å². The van der Waals surface area contributed by atoms with Gasteiger partial charge in [0.15, 0.2) is 5.58 Å². The van der Waals surface area contributed by atoms with Gasteiger partial charge in [-0.3, -0.25) is 4.98 Å². The second kappa shape index (κ2) is 5.76. The largest absolute Gasteiger partial charge is 0.417 e. The van der Waals surface area contributed by atoms with Crippen molar-refractivity contribution in [1.29, 1.82) is 0 Å². The lowest BCUT2D eigenvalue weighted by atomic mass is 9.98. The van der Waals surface area contributed by atoms with Crippen LogP contribution in [0.5, 0.6) is 0 Å². The molecule has 0 saturated carbocycles. The molecule has 0 fully saturated rings. The van der Waals surface area contributed by atoms with E-state index in [0.29, 0.717) is 11.1 Å². The van der Waals surface area contributed by atoms with E-state index in [1.54, 1.807) is 0 Å². The summed E-state index contributed by atoms with van der Waals surface area (Å²) in [5.41, 5.74) is 3.40. The molecule has 0 aliphatic rings. The van der Waals surface area contributed by atoms with Crippen LogP contribution in [0.4, 0.5) is 0 Å². The molecule has 1 aromatic heterocycles. The average Bonchev–Trinajstić information content (AvgIpc) is 2.85. The van der Waals surface area contributed by atoms with Gasteiger partial charge in [0.25, 0.3) is 0 Å². The number of H-pyrrole nitrogens is 1. The molecule has 0 aliphatic heterocycles. The first-order valence-corrected chi connectivity index (χ1v) is 7.08. The number of likely N-dealkylation sites (N-methyl/N-ethyl adjacent to an activating group) is 1. The van der Waals surface area contributed by atoms with E-state index in [1.807, 2.05) is 49.5 Å². The summed E-state index contributed by atoms with van der Waals surface area (Å²) in [5, 5.41) is 4.03. The van der Waals surface area contributed by atoms with Gasteiger partial charge in [0.05, 0.1) is 5.52 Å². The smallest absolute Gasteiger partial charge is 0.408 e. The van der Waals surface area contributed by atoms with Crippen LogP contribution in [0.3, 0.4) is 0 Å². The van der Waals surface area contributed by atoms with Crippen molar-refractivity contribution in [1.82, 2.24) is 10.3 Å². The van der Waals surface area contributed by atoms with Gasteiger partial charge in [0, 0.05) is 11.1 Å². The maximum Gasteiger partial charge on any atom is 0.417 e. The Balaban J connectivity index is 1.94. The number of benzene rings is 2. The first-order valence-electron chi connectivity index (χ1n) is 6.71. The normalized spacial score (nSPS) is 12.7. The molecule has 1 atom stereocenters. The van der Waals surface area contributed by atoms with E-state index in [9.17, 15) is 4.79 Å². The third kappa shape index (κ3) is 2.86. The van der Waals surface area contributed by atoms with Crippen molar-refractivity contribution in [2.45, 2.75) is 12.5 Å². The number of hydrogen-bond donors (Lipinski definition) is 2. The van der Waals surface area contributed by atoms with Gasteiger partial charge in [-0.1, -0.05) is 35.9 Å². The molecule has 3 rings (SSSR count). The molecule has 0 radical (unpaired) electrons. The van der Waals surface area contributed by atoms with Gasteiger partial charge in [0.1, 0.15) is 0 Å². The maximum atomic E-state index is 11.2. The van der Waals surface area contributed by atoms with Crippen molar-refractivity contribution < 1.29 is 4.42 Å². The molecule has 108 valence electrons. The standard InChI is InChI=1S/C16H15ClN2O2/c1-18-14(8-10-4-2-3-5-12(10)17)11-6-7-13-15(9-11)21-16(20)19-13/h2-7,9,14,18H,8H2,1H3,(H,19,20). The summed E-state index contributed by atoms with van der Waals surface area (Å²) in [7, 11) is 1.90. The van der Waals surface area contributed by atoms with Crippen LogP contribution in [-0.2, 0) is 6.42 Å². The number of nitrogens with one attached hydrogen (secondary N) is 2. The highest BCUT2D eigenvalue weighted by Gasteiger charge is 2.13. The Kier molecular flexibility index (Phi) is 3.82. The number of hydrogen-bond acceptors (Lipinski definition) is 3. The molecule has 1 unspecified atom stereocenters.